The van der Waals surface area contributed by atoms with Gasteiger partial charge in [-0.2, -0.15) is 0 Å². The van der Waals surface area contributed by atoms with Crippen LogP contribution in [0.3, 0.4) is 0 Å². The molecule has 0 spiro atoms. The molecule has 14 heavy (non-hydrogen) atoms. The highest BCUT2D eigenvalue weighted by Crippen LogP contribution is 2.18. The van der Waals surface area contributed by atoms with Gasteiger partial charge in [0.1, 0.15) is 5.82 Å². The van der Waals surface area contributed by atoms with Gasteiger partial charge in [-0.1, -0.05) is 13.0 Å². The predicted molar refractivity (Wildman–Crippen MR) is 57.7 cm³/mol. The normalized spacial score (nSPS) is 15.2. The van der Waals surface area contributed by atoms with E-state index in [1.165, 1.54) is 6.07 Å². The predicted octanol–water partition coefficient (Wildman–Crippen LogP) is 2.80. The molecular formula is C12H18FN. The fourth-order valence-corrected chi connectivity index (χ4v) is 1.42. The molecule has 2 heteroatoms. The van der Waals surface area contributed by atoms with Crippen LogP contribution in [0.1, 0.15) is 31.4 Å². The molecule has 0 fully saturated rings. The first kappa shape index (κ1) is 11.2. The molecule has 1 unspecified atom stereocenters. The fraction of sp³-hybridized carbons (Fsp3) is 0.500. The third-order valence-electron chi connectivity index (χ3n) is 2.71. The summed E-state index contributed by atoms with van der Waals surface area (Å²) in [6.07, 6.45) is 1.72. The molecule has 0 saturated heterocycles. The smallest absolute Gasteiger partial charge is 0.123 e. The molecule has 0 radical (unpaired) electrons. The largest absolute Gasteiger partial charge is 0.325 e. The molecule has 0 heterocycles. The highest BCUT2D eigenvalue weighted by atomic mass is 19.1. The average molecular weight is 195 g/mol. The Labute approximate surface area is 85.1 Å². The van der Waals surface area contributed by atoms with Crippen LogP contribution in [0.4, 0.5) is 4.39 Å². The van der Waals surface area contributed by atoms with Crippen molar-refractivity contribution >= 4 is 0 Å². The molecule has 0 saturated carbocycles. The van der Waals surface area contributed by atoms with Crippen molar-refractivity contribution in [1.82, 2.24) is 0 Å². The molecule has 2 N–H and O–H groups in total. The number of rotatable bonds is 3. The van der Waals surface area contributed by atoms with E-state index in [0.717, 1.165) is 24.0 Å². The zero-order valence-corrected chi connectivity index (χ0v) is 9.10. The van der Waals surface area contributed by atoms with E-state index in [1.54, 1.807) is 6.07 Å². The van der Waals surface area contributed by atoms with Crippen molar-refractivity contribution < 1.29 is 4.39 Å². The Morgan fingerprint density at radius 1 is 1.43 bits per heavy atom. The van der Waals surface area contributed by atoms with Gasteiger partial charge in [0, 0.05) is 5.54 Å². The number of hydrogen-bond donors (Lipinski definition) is 1. The van der Waals surface area contributed by atoms with Gasteiger partial charge in [0.05, 0.1) is 0 Å². The van der Waals surface area contributed by atoms with Crippen LogP contribution in [-0.2, 0) is 6.42 Å². The molecule has 1 rings (SSSR count). The molecule has 0 aliphatic heterocycles. The summed E-state index contributed by atoms with van der Waals surface area (Å²) in [5, 5.41) is 0. The second-order valence-corrected chi connectivity index (χ2v) is 4.26. The highest BCUT2D eigenvalue weighted by molar-refractivity contribution is 5.28. The van der Waals surface area contributed by atoms with Gasteiger partial charge in [0.2, 0.25) is 0 Å². The van der Waals surface area contributed by atoms with Crippen LogP contribution in [0.2, 0.25) is 0 Å². The minimum absolute atomic E-state index is 0.179. The summed E-state index contributed by atoms with van der Waals surface area (Å²) in [6, 6.07) is 4.88. The second-order valence-electron chi connectivity index (χ2n) is 4.26. The van der Waals surface area contributed by atoms with Crippen LogP contribution < -0.4 is 5.73 Å². The third kappa shape index (κ3) is 2.81. The lowest BCUT2D eigenvalue weighted by Gasteiger charge is -2.23. The molecule has 0 aliphatic rings. The fourth-order valence-electron chi connectivity index (χ4n) is 1.42. The van der Waals surface area contributed by atoms with Gasteiger partial charge < -0.3 is 5.73 Å². The van der Waals surface area contributed by atoms with E-state index in [1.807, 2.05) is 19.9 Å². The average Bonchev–Trinajstić information content (AvgIpc) is 2.10. The van der Waals surface area contributed by atoms with Gasteiger partial charge >= 0.3 is 0 Å². The van der Waals surface area contributed by atoms with E-state index < -0.39 is 0 Å². The number of benzene rings is 1. The lowest BCUT2D eigenvalue weighted by Crippen LogP contribution is -2.37. The zero-order valence-electron chi connectivity index (χ0n) is 9.10. The molecule has 0 aliphatic carbocycles. The van der Waals surface area contributed by atoms with Gasteiger partial charge in [0.15, 0.2) is 0 Å². The van der Waals surface area contributed by atoms with Crippen LogP contribution in [-0.4, -0.2) is 5.54 Å². The van der Waals surface area contributed by atoms with Crippen LogP contribution in [0, 0.1) is 12.7 Å². The Morgan fingerprint density at radius 3 is 2.57 bits per heavy atom. The summed E-state index contributed by atoms with van der Waals surface area (Å²) in [6.45, 7) is 6.01. The van der Waals surface area contributed by atoms with Crippen molar-refractivity contribution in [2.45, 2.75) is 39.2 Å². The molecule has 1 nitrogen and oxygen atoms in total. The molecule has 0 aromatic heterocycles. The Hall–Kier alpha value is -0.890. The van der Waals surface area contributed by atoms with Gasteiger partial charge in [-0.3, -0.25) is 0 Å². The summed E-state index contributed by atoms with van der Waals surface area (Å²) in [5.41, 5.74) is 7.99. The molecule has 0 amide bonds. The van der Waals surface area contributed by atoms with Crippen LogP contribution in [0.25, 0.3) is 0 Å². The molecule has 1 aromatic carbocycles. The van der Waals surface area contributed by atoms with E-state index in [4.69, 9.17) is 5.73 Å². The Balaban J connectivity index is 2.87. The van der Waals surface area contributed by atoms with E-state index in [0.29, 0.717) is 0 Å². The van der Waals surface area contributed by atoms with Gasteiger partial charge in [-0.15, -0.1) is 0 Å². The van der Waals surface area contributed by atoms with Crippen molar-refractivity contribution in [2.75, 3.05) is 0 Å². The Bertz CT molecular complexity index is 318. The molecule has 78 valence electrons. The number of nitrogens with two attached hydrogens (primary N) is 1. The zero-order chi connectivity index (χ0) is 10.8. The number of hydrogen-bond acceptors (Lipinski definition) is 1. The van der Waals surface area contributed by atoms with Crippen molar-refractivity contribution in [1.29, 1.82) is 0 Å². The Kier molecular flexibility index (Phi) is 3.27. The van der Waals surface area contributed by atoms with Crippen LogP contribution >= 0.6 is 0 Å². The first-order valence-electron chi connectivity index (χ1n) is 4.98. The second kappa shape index (κ2) is 4.09. The topological polar surface area (TPSA) is 26.0 Å². The Morgan fingerprint density at radius 2 is 2.07 bits per heavy atom. The summed E-state index contributed by atoms with van der Waals surface area (Å²) in [5.74, 6) is -0.179. The van der Waals surface area contributed by atoms with Crippen molar-refractivity contribution in [3.63, 3.8) is 0 Å². The standard InChI is InChI=1S/C12H18FN/c1-4-12(3,14)8-10-5-6-11(13)7-9(10)2/h5-7H,4,8,14H2,1-3H3. The minimum Gasteiger partial charge on any atom is -0.325 e. The van der Waals surface area contributed by atoms with Crippen LogP contribution in [0.5, 0.6) is 0 Å². The van der Waals surface area contributed by atoms with Gasteiger partial charge in [0.25, 0.3) is 0 Å². The third-order valence-corrected chi connectivity index (χ3v) is 2.71. The van der Waals surface area contributed by atoms with Crippen molar-refractivity contribution in [3.8, 4) is 0 Å². The first-order chi connectivity index (χ1) is 6.44. The van der Waals surface area contributed by atoms with E-state index >= 15 is 0 Å². The SMILES string of the molecule is CCC(C)(N)Cc1ccc(F)cc1C. The van der Waals surface area contributed by atoms with Crippen molar-refractivity contribution in [3.05, 3.63) is 35.1 Å². The van der Waals surface area contributed by atoms with Gasteiger partial charge in [-0.25, -0.2) is 4.39 Å². The molecule has 1 atom stereocenters. The maximum Gasteiger partial charge on any atom is 0.123 e. The lowest BCUT2D eigenvalue weighted by molar-refractivity contribution is 0.448. The van der Waals surface area contributed by atoms with Crippen LogP contribution in [0.15, 0.2) is 18.2 Å². The summed E-state index contributed by atoms with van der Waals surface area (Å²) >= 11 is 0. The van der Waals surface area contributed by atoms with E-state index in [2.05, 4.69) is 6.92 Å². The maximum absolute atomic E-state index is 12.8. The summed E-state index contributed by atoms with van der Waals surface area (Å²) in [7, 11) is 0. The maximum atomic E-state index is 12.8. The highest BCUT2D eigenvalue weighted by Gasteiger charge is 2.17. The lowest BCUT2D eigenvalue weighted by atomic mass is 9.89. The van der Waals surface area contributed by atoms with Crippen molar-refractivity contribution in [2.24, 2.45) is 5.73 Å². The monoisotopic (exact) mass is 195 g/mol. The minimum atomic E-state index is -0.192. The molecule has 1 aromatic rings. The molecule has 0 bridgehead atoms. The van der Waals surface area contributed by atoms with Gasteiger partial charge in [-0.05, 0) is 49.9 Å². The number of halogens is 1. The summed E-state index contributed by atoms with van der Waals surface area (Å²) < 4.78 is 12.8. The van der Waals surface area contributed by atoms with E-state index in [9.17, 15) is 4.39 Å². The number of aryl methyl sites for hydroxylation is 1. The first-order valence-corrected chi connectivity index (χ1v) is 4.98. The van der Waals surface area contributed by atoms with E-state index in [-0.39, 0.29) is 11.4 Å². The molecular weight excluding hydrogens is 177 g/mol. The quantitative estimate of drug-likeness (QED) is 0.788. The summed E-state index contributed by atoms with van der Waals surface area (Å²) in [4.78, 5) is 0.